The highest BCUT2D eigenvalue weighted by Crippen LogP contribution is 2.40. The predicted octanol–water partition coefficient (Wildman–Crippen LogP) is 4.91. The number of hydrogen-bond donors (Lipinski definition) is 1. The molecule has 0 saturated heterocycles. The first-order valence-corrected chi connectivity index (χ1v) is 9.31. The Morgan fingerprint density at radius 2 is 2.04 bits per heavy atom. The van der Waals surface area contributed by atoms with Gasteiger partial charge >= 0.3 is 0 Å². The Hall–Kier alpha value is -2.66. The highest BCUT2D eigenvalue weighted by molar-refractivity contribution is 7.12. The van der Waals surface area contributed by atoms with Gasteiger partial charge in [0.1, 0.15) is 0 Å². The zero-order valence-corrected chi connectivity index (χ0v) is 14.7. The van der Waals surface area contributed by atoms with Crippen molar-refractivity contribution in [3.63, 3.8) is 0 Å². The molecule has 0 fully saturated rings. The molecule has 0 radical (unpaired) electrons. The standard InChI is InChI=1S/C20H18N2O2S/c1-2-3-11-22-16-10-9-15(21-19(23)17-8-5-12-25-17)13-6-4-7-14(18(13)16)20(22)24/h4-10,12H,2-3,11H2,1H3,(H,21,23). The average Bonchev–Trinajstić information content (AvgIpc) is 3.25. The average molecular weight is 350 g/mol. The number of unbranched alkanes of at least 4 members (excludes halogenated alkanes) is 1. The number of rotatable bonds is 5. The summed E-state index contributed by atoms with van der Waals surface area (Å²) in [7, 11) is 0. The van der Waals surface area contributed by atoms with E-state index in [1.807, 2.05) is 46.7 Å². The third-order valence-corrected chi connectivity index (χ3v) is 5.38. The van der Waals surface area contributed by atoms with Gasteiger partial charge < -0.3 is 10.2 Å². The van der Waals surface area contributed by atoms with Gasteiger partial charge in [-0.2, -0.15) is 0 Å². The summed E-state index contributed by atoms with van der Waals surface area (Å²) < 4.78 is 0. The summed E-state index contributed by atoms with van der Waals surface area (Å²) in [5.74, 6) is -0.0707. The SMILES string of the molecule is CCCCN1C(=O)c2cccc3c(NC(=O)c4cccs4)ccc1c23. The van der Waals surface area contributed by atoms with E-state index < -0.39 is 0 Å². The van der Waals surface area contributed by atoms with E-state index in [0.717, 1.165) is 47.1 Å². The van der Waals surface area contributed by atoms with Crippen molar-refractivity contribution >= 4 is 45.3 Å². The van der Waals surface area contributed by atoms with Crippen LogP contribution in [-0.2, 0) is 0 Å². The van der Waals surface area contributed by atoms with Crippen LogP contribution in [0, 0.1) is 0 Å². The second-order valence-corrected chi connectivity index (χ2v) is 7.05. The van der Waals surface area contributed by atoms with Gasteiger partial charge in [-0.15, -0.1) is 11.3 Å². The lowest BCUT2D eigenvalue weighted by Crippen LogP contribution is -2.27. The Labute approximate surface area is 150 Å². The number of thiophene rings is 1. The van der Waals surface area contributed by atoms with Gasteiger partial charge in [-0.1, -0.05) is 31.5 Å². The highest BCUT2D eigenvalue weighted by Gasteiger charge is 2.30. The van der Waals surface area contributed by atoms with Crippen molar-refractivity contribution in [1.82, 2.24) is 0 Å². The van der Waals surface area contributed by atoms with Gasteiger partial charge in [0.15, 0.2) is 0 Å². The molecule has 1 aliphatic rings. The predicted molar refractivity (Wildman–Crippen MR) is 103 cm³/mol. The minimum Gasteiger partial charge on any atom is -0.321 e. The summed E-state index contributed by atoms with van der Waals surface area (Å²) in [6.45, 7) is 2.84. The number of anilines is 2. The van der Waals surface area contributed by atoms with Gasteiger partial charge in [-0.05, 0) is 36.1 Å². The fourth-order valence-electron chi connectivity index (χ4n) is 3.28. The molecule has 0 aliphatic carbocycles. The Kier molecular flexibility index (Phi) is 4.01. The van der Waals surface area contributed by atoms with E-state index in [4.69, 9.17) is 0 Å². The smallest absolute Gasteiger partial charge is 0.265 e. The Balaban J connectivity index is 1.76. The first-order valence-electron chi connectivity index (χ1n) is 8.43. The van der Waals surface area contributed by atoms with Gasteiger partial charge in [-0.25, -0.2) is 0 Å². The van der Waals surface area contributed by atoms with E-state index >= 15 is 0 Å². The number of nitrogens with zero attached hydrogens (tertiary/aromatic N) is 1. The molecule has 4 nitrogen and oxygen atoms in total. The van der Waals surface area contributed by atoms with Crippen LogP contribution < -0.4 is 10.2 Å². The maximum Gasteiger partial charge on any atom is 0.265 e. The molecule has 0 spiro atoms. The monoisotopic (exact) mass is 350 g/mol. The van der Waals surface area contributed by atoms with E-state index in [9.17, 15) is 9.59 Å². The van der Waals surface area contributed by atoms with Crippen LogP contribution in [0.1, 0.15) is 39.8 Å². The molecule has 3 aromatic rings. The Bertz CT molecular complexity index is 963. The zero-order valence-electron chi connectivity index (χ0n) is 13.9. The van der Waals surface area contributed by atoms with E-state index in [-0.39, 0.29) is 11.8 Å². The normalized spacial score (nSPS) is 12.8. The van der Waals surface area contributed by atoms with Crippen molar-refractivity contribution in [2.24, 2.45) is 0 Å². The molecule has 0 bridgehead atoms. The fourth-order valence-corrected chi connectivity index (χ4v) is 3.90. The van der Waals surface area contributed by atoms with Crippen LogP contribution in [0.25, 0.3) is 10.8 Å². The van der Waals surface area contributed by atoms with Crippen molar-refractivity contribution in [1.29, 1.82) is 0 Å². The molecule has 0 unspecified atom stereocenters. The second-order valence-electron chi connectivity index (χ2n) is 6.10. The van der Waals surface area contributed by atoms with Gasteiger partial charge in [0.25, 0.3) is 11.8 Å². The third kappa shape index (κ3) is 2.61. The van der Waals surface area contributed by atoms with Crippen molar-refractivity contribution in [3.8, 4) is 0 Å². The fraction of sp³-hybridized carbons (Fsp3) is 0.200. The topological polar surface area (TPSA) is 49.4 Å². The summed E-state index contributed by atoms with van der Waals surface area (Å²) >= 11 is 1.41. The summed E-state index contributed by atoms with van der Waals surface area (Å²) in [6.07, 6.45) is 2.01. The maximum absolute atomic E-state index is 12.7. The number of nitrogens with one attached hydrogen (secondary N) is 1. The molecule has 4 rings (SSSR count). The molecule has 126 valence electrons. The molecule has 0 atom stereocenters. The van der Waals surface area contributed by atoms with Crippen molar-refractivity contribution in [3.05, 3.63) is 58.3 Å². The quantitative estimate of drug-likeness (QED) is 0.710. The molecular weight excluding hydrogens is 332 g/mol. The van der Waals surface area contributed by atoms with Gasteiger partial charge in [-0.3, -0.25) is 9.59 Å². The maximum atomic E-state index is 12.7. The Morgan fingerprint density at radius 3 is 2.80 bits per heavy atom. The summed E-state index contributed by atoms with van der Waals surface area (Å²) in [4.78, 5) is 27.7. The minimum absolute atomic E-state index is 0.0517. The van der Waals surface area contributed by atoms with Crippen molar-refractivity contribution in [2.45, 2.75) is 19.8 Å². The van der Waals surface area contributed by atoms with E-state index in [1.54, 1.807) is 6.07 Å². The number of carbonyl (C=O) groups excluding carboxylic acids is 2. The highest BCUT2D eigenvalue weighted by atomic mass is 32.1. The number of amides is 2. The minimum atomic E-state index is -0.122. The van der Waals surface area contributed by atoms with Crippen LogP contribution in [0.3, 0.4) is 0 Å². The Morgan fingerprint density at radius 1 is 1.16 bits per heavy atom. The van der Waals surface area contributed by atoms with E-state index in [1.165, 1.54) is 11.3 Å². The molecule has 1 aliphatic heterocycles. The van der Waals surface area contributed by atoms with Crippen LogP contribution in [0.15, 0.2) is 47.8 Å². The van der Waals surface area contributed by atoms with Crippen LogP contribution in [-0.4, -0.2) is 18.4 Å². The molecule has 2 aromatic carbocycles. The molecule has 1 N–H and O–H groups in total. The second kappa shape index (κ2) is 6.33. The lowest BCUT2D eigenvalue weighted by atomic mass is 10.0. The number of benzene rings is 2. The zero-order chi connectivity index (χ0) is 17.4. The largest absolute Gasteiger partial charge is 0.321 e. The van der Waals surface area contributed by atoms with E-state index in [2.05, 4.69) is 12.2 Å². The van der Waals surface area contributed by atoms with Crippen LogP contribution in [0.5, 0.6) is 0 Å². The van der Waals surface area contributed by atoms with Crippen molar-refractivity contribution < 1.29 is 9.59 Å². The summed E-state index contributed by atoms with van der Waals surface area (Å²) in [5.41, 5.74) is 2.40. The number of hydrogen-bond acceptors (Lipinski definition) is 3. The van der Waals surface area contributed by atoms with Gasteiger partial charge in [0.05, 0.1) is 10.6 Å². The molecule has 0 saturated carbocycles. The molecule has 2 heterocycles. The molecular formula is C20H18N2O2S. The lowest BCUT2D eigenvalue weighted by Gasteiger charge is -2.17. The lowest BCUT2D eigenvalue weighted by molar-refractivity contribution is 0.0991. The van der Waals surface area contributed by atoms with Crippen LogP contribution in [0.4, 0.5) is 11.4 Å². The van der Waals surface area contributed by atoms with Crippen LogP contribution >= 0.6 is 11.3 Å². The van der Waals surface area contributed by atoms with Crippen molar-refractivity contribution in [2.75, 3.05) is 16.8 Å². The first kappa shape index (κ1) is 15.8. The molecule has 2 amide bonds. The number of carbonyl (C=O) groups is 2. The van der Waals surface area contributed by atoms with Crippen LogP contribution in [0.2, 0.25) is 0 Å². The van der Waals surface area contributed by atoms with E-state index in [0.29, 0.717) is 4.88 Å². The molecule has 1 aromatic heterocycles. The molecule has 5 heteroatoms. The summed E-state index contributed by atoms with van der Waals surface area (Å²) in [5, 5.41) is 6.71. The third-order valence-electron chi connectivity index (χ3n) is 4.51. The first-order chi connectivity index (χ1) is 12.2. The summed E-state index contributed by atoms with van der Waals surface area (Å²) in [6, 6.07) is 13.2. The van der Waals surface area contributed by atoms with Gasteiger partial charge in [0.2, 0.25) is 0 Å². The molecule has 25 heavy (non-hydrogen) atoms. The van der Waals surface area contributed by atoms with Gasteiger partial charge in [0, 0.05) is 28.6 Å².